The average Bonchev–Trinajstić information content (AvgIpc) is 3.20. The van der Waals surface area contributed by atoms with Crippen LogP contribution in [0.1, 0.15) is 35.8 Å². The van der Waals surface area contributed by atoms with Crippen molar-refractivity contribution in [2.75, 3.05) is 0 Å². The van der Waals surface area contributed by atoms with Crippen LogP contribution in [0.15, 0.2) is 33.5 Å². The van der Waals surface area contributed by atoms with Crippen LogP contribution in [0.5, 0.6) is 0 Å². The molecule has 1 aromatic heterocycles. The molecule has 0 spiro atoms. The van der Waals surface area contributed by atoms with Gasteiger partial charge in [0.15, 0.2) is 0 Å². The van der Waals surface area contributed by atoms with E-state index in [0.29, 0.717) is 12.3 Å². The number of nitrogens with zero attached hydrogens (tertiary/aromatic N) is 1. The van der Waals surface area contributed by atoms with Gasteiger partial charge < -0.3 is 4.98 Å². The maximum Gasteiger partial charge on any atom is 0.264 e. The zero-order valence-corrected chi connectivity index (χ0v) is 13.9. The van der Waals surface area contributed by atoms with E-state index in [1.165, 1.54) is 0 Å². The van der Waals surface area contributed by atoms with Crippen LogP contribution < -0.4 is 5.56 Å². The van der Waals surface area contributed by atoms with Crippen LogP contribution in [0.3, 0.4) is 0 Å². The smallest absolute Gasteiger partial charge is 0.264 e. The molecule has 0 atom stereocenters. The molecule has 3 rings (SSSR count). The highest BCUT2D eigenvalue weighted by atomic mass is 127. The number of hydrogen-bond acceptors (Lipinski definition) is 2. The van der Waals surface area contributed by atoms with Crippen LogP contribution in [-0.2, 0) is 6.42 Å². The maximum absolute atomic E-state index is 12.0. The fourth-order valence-corrected chi connectivity index (χ4v) is 3.18. The first-order valence-electron chi connectivity index (χ1n) is 6.17. The number of aromatic nitrogens is 2. The largest absolute Gasteiger partial charge is 0.309 e. The molecule has 1 aliphatic rings. The zero-order valence-electron chi connectivity index (χ0n) is 10.1. The van der Waals surface area contributed by atoms with Crippen molar-refractivity contribution in [3.8, 4) is 0 Å². The number of halogens is 2. The quantitative estimate of drug-likeness (QED) is 0.756. The number of nitrogens with one attached hydrogen (secondary N) is 1. The minimum Gasteiger partial charge on any atom is -0.309 e. The molecule has 1 heterocycles. The predicted molar refractivity (Wildman–Crippen MR) is 86.5 cm³/mol. The summed E-state index contributed by atoms with van der Waals surface area (Å²) in [5, 5.41) is 0. The van der Waals surface area contributed by atoms with Gasteiger partial charge in [-0.2, -0.15) is 0 Å². The Hall–Kier alpha value is -0.690. The van der Waals surface area contributed by atoms with Gasteiger partial charge in [0.1, 0.15) is 5.82 Å². The first-order valence-corrected chi connectivity index (χ1v) is 8.04. The Labute approximate surface area is 133 Å². The summed E-state index contributed by atoms with van der Waals surface area (Å²) >= 11 is 5.62. The molecule has 98 valence electrons. The lowest BCUT2D eigenvalue weighted by atomic mass is 10.1. The summed E-state index contributed by atoms with van der Waals surface area (Å²) in [7, 11) is 0. The second-order valence-corrected chi connectivity index (χ2v) is 6.69. The van der Waals surface area contributed by atoms with Crippen LogP contribution in [0.2, 0.25) is 0 Å². The molecule has 1 N–H and O–H groups in total. The Morgan fingerprint density at radius 1 is 1.37 bits per heavy atom. The number of rotatable bonds is 3. The lowest BCUT2D eigenvalue weighted by molar-refractivity contribution is 0.868. The Balaban J connectivity index is 1.97. The molecule has 19 heavy (non-hydrogen) atoms. The summed E-state index contributed by atoms with van der Waals surface area (Å²) in [6, 6.07) is 8.01. The molecule has 1 saturated carbocycles. The van der Waals surface area contributed by atoms with E-state index >= 15 is 0 Å². The van der Waals surface area contributed by atoms with Crippen LogP contribution in [0.4, 0.5) is 0 Å². The minimum absolute atomic E-state index is 0.0143. The van der Waals surface area contributed by atoms with E-state index in [-0.39, 0.29) is 5.56 Å². The van der Waals surface area contributed by atoms with E-state index in [2.05, 4.69) is 48.5 Å². The van der Waals surface area contributed by atoms with E-state index in [1.54, 1.807) is 0 Å². The monoisotopic (exact) mass is 430 g/mol. The van der Waals surface area contributed by atoms with Gasteiger partial charge in [0.25, 0.3) is 5.56 Å². The normalized spacial score (nSPS) is 14.6. The van der Waals surface area contributed by atoms with Crippen molar-refractivity contribution < 1.29 is 0 Å². The third-order valence-electron chi connectivity index (χ3n) is 3.22. The van der Waals surface area contributed by atoms with Gasteiger partial charge in [-0.05, 0) is 47.1 Å². The van der Waals surface area contributed by atoms with Crippen molar-refractivity contribution in [3.63, 3.8) is 0 Å². The lowest BCUT2D eigenvalue weighted by Crippen LogP contribution is -2.18. The first kappa shape index (κ1) is 13.3. The second kappa shape index (κ2) is 5.36. The summed E-state index contributed by atoms with van der Waals surface area (Å²) in [6.07, 6.45) is 2.95. The van der Waals surface area contributed by atoms with E-state index in [0.717, 1.165) is 38.0 Å². The minimum atomic E-state index is -0.0143. The summed E-state index contributed by atoms with van der Waals surface area (Å²) in [5.41, 5.74) is 2.10. The molecule has 1 aliphatic carbocycles. The molecule has 1 aromatic carbocycles. The SMILES string of the molecule is O=c1[nH]c(Cc2ccccc2Br)nc(C2CC2)c1I. The fourth-order valence-electron chi connectivity index (χ4n) is 2.06. The predicted octanol–water partition coefficient (Wildman–Crippen LogP) is 3.61. The Kier molecular flexibility index (Phi) is 3.75. The van der Waals surface area contributed by atoms with Crippen molar-refractivity contribution in [2.24, 2.45) is 0 Å². The summed E-state index contributed by atoms with van der Waals surface area (Å²) in [5.74, 6) is 1.24. The highest BCUT2D eigenvalue weighted by molar-refractivity contribution is 14.1. The van der Waals surface area contributed by atoms with Gasteiger partial charge >= 0.3 is 0 Å². The third-order valence-corrected chi connectivity index (χ3v) is 5.03. The van der Waals surface area contributed by atoms with Crippen molar-refractivity contribution in [1.82, 2.24) is 9.97 Å². The summed E-state index contributed by atoms with van der Waals surface area (Å²) < 4.78 is 1.79. The molecular weight excluding hydrogens is 419 g/mol. The molecule has 0 bridgehead atoms. The van der Waals surface area contributed by atoms with Gasteiger partial charge in [-0.25, -0.2) is 4.98 Å². The number of aromatic amines is 1. The van der Waals surface area contributed by atoms with E-state index in [9.17, 15) is 4.79 Å². The molecule has 0 saturated heterocycles. The van der Waals surface area contributed by atoms with Crippen molar-refractivity contribution in [1.29, 1.82) is 0 Å². The molecule has 3 nitrogen and oxygen atoms in total. The topological polar surface area (TPSA) is 45.8 Å². The molecule has 0 radical (unpaired) electrons. The van der Waals surface area contributed by atoms with E-state index in [1.807, 2.05) is 24.3 Å². The standard InChI is InChI=1S/C14H12BrIN2O/c15-10-4-2-1-3-9(10)7-11-17-13(8-5-6-8)12(16)14(19)18-11/h1-4,8H,5-7H2,(H,17,18,19). The highest BCUT2D eigenvalue weighted by Crippen LogP contribution is 2.40. The molecular formula is C14H12BrIN2O. The molecule has 0 amide bonds. The van der Waals surface area contributed by atoms with Crippen LogP contribution in [0.25, 0.3) is 0 Å². The highest BCUT2D eigenvalue weighted by Gasteiger charge is 2.28. The number of H-pyrrole nitrogens is 1. The van der Waals surface area contributed by atoms with Crippen LogP contribution in [0, 0.1) is 3.57 Å². The van der Waals surface area contributed by atoms with Crippen molar-refractivity contribution in [2.45, 2.75) is 25.2 Å². The Morgan fingerprint density at radius 2 is 2.11 bits per heavy atom. The van der Waals surface area contributed by atoms with Gasteiger partial charge in [-0.3, -0.25) is 4.79 Å². The Bertz CT molecular complexity index is 679. The molecule has 5 heteroatoms. The maximum atomic E-state index is 12.0. The third kappa shape index (κ3) is 2.91. The van der Waals surface area contributed by atoms with Gasteiger partial charge in [0, 0.05) is 16.8 Å². The second-order valence-electron chi connectivity index (χ2n) is 4.75. The van der Waals surface area contributed by atoms with Gasteiger partial charge in [-0.15, -0.1) is 0 Å². The molecule has 2 aromatic rings. The zero-order chi connectivity index (χ0) is 13.4. The molecule has 1 fully saturated rings. The van der Waals surface area contributed by atoms with Crippen LogP contribution in [-0.4, -0.2) is 9.97 Å². The first-order chi connectivity index (χ1) is 9.15. The summed E-state index contributed by atoms with van der Waals surface area (Å²) in [6.45, 7) is 0. The van der Waals surface area contributed by atoms with Crippen molar-refractivity contribution in [3.05, 3.63) is 59.7 Å². The fraction of sp³-hybridized carbons (Fsp3) is 0.286. The van der Waals surface area contributed by atoms with Gasteiger partial charge in [0.2, 0.25) is 0 Å². The van der Waals surface area contributed by atoms with Crippen molar-refractivity contribution >= 4 is 38.5 Å². The average molecular weight is 431 g/mol. The van der Waals surface area contributed by atoms with E-state index in [4.69, 9.17) is 0 Å². The van der Waals surface area contributed by atoms with Gasteiger partial charge in [0.05, 0.1) is 9.26 Å². The molecule has 0 unspecified atom stereocenters. The number of benzene rings is 1. The summed E-state index contributed by atoms with van der Waals surface area (Å²) in [4.78, 5) is 19.5. The van der Waals surface area contributed by atoms with Crippen LogP contribution >= 0.6 is 38.5 Å². The Morgan fingerprint density at radius 3 is 2.79 bits per heavy atom. The molecule has 0 aliphatic heterocycles. The van der Waals surface area contributed by atoms with E-state index < -0.39 is 0 Å². The van der Waals surface area contributed by atoms with Gasteiger partial charge in [-0.1, -0.05) is 34.1 Å². The lowest BCUT2D eigenvalue weighted by Gasteiger charge is -2.07. The number of hydrogen-bond donors (Lipinski definition) is 1.